The molecule has 1 heterocycles. The Kier molecular flexibility index (Phi) is 2.58. The van der Waals surface area contributed by atoms with E-state index in [0.717, 1.165) is 0 Å². The van der Waals surface area contributed by atoms with Crippen LogP contribution in [0.15, 0.2) is 4.60 Å². The zero-order valence-corrected chi connectivity index (χ0v) is 8.46. The molecule has 0 unspecified atom stereocenters. The number of aromatic amines is 1. The number of nitrogens with one attached hydrogen (secondary N) is 1. The molecule has 1 rings (SSSR count). The zero-order chi connectivity index (χ0) is 9.35. The molecule has 1 aromatic rings. The topological polar surface area (TPSA) is 95.4 Å². The molecule has 68 valence electrons. The standard InChI is InChI=1S/C4H6BrN2O4P/c1-11-3-2(5)6-4(7-3)12(8,9)10/h1H3,(H,6,7)(H2,8,9,10). The average Bonchev–Trinajstić information content (AvgIpc) is 2.29. The third-order valence-corrected chi connectivity index (χ3v) is 2.39. The molecule has 3 N–H and O–H groups in total. The van der Waals surface area contributed by atoms with Crippen molar-refractivity contribution in [3.63, 3.8) is 0 Å². The van der Waals surface area contributed by atoms with E-state index in [-0.39, 0.29) is 5.88 Å². The number of ether oxygens (including phenoxy) is 1. The Morgan fingerprint density at radius 1 is 1.67 bits per heavy atom. The summed E-state index contributed by atoms with van der Waals surface area (Å²) in [4.78, 5) is 23.2. The summed E-state index contributed by atoms with van der Waals surface area (Å²) in [5.41, 5.74) is -0.411. The summed E-state index contributed by atoms with van der Waals surface area (Å²) >= 11 is 2.98. The van der Waals surface area contributed by atoms with E-state index < -0.39 is 13.2 Å². The molecular formula is C4H6BrN2O4P. The van der Waals surface area contributed by atoms with Gasteiger partial charge in [0.25, 0.3) is 0 Å². The number of rotatable bonds is 2. The van der Waals surface area contributed by atoms with Crippen LogP contribution in [0.4, 0.5) is 0 Å². The van der Waals surface area contributed by atoms with Gasteiger partial charge in [0.2, 0.25) is 11.4 Å². The van der Waals surface area contributed by atoms with Crippen LogP contribution in [0.25, 0.3) is 0 Å². The molecule has 12 heavy (non-hydrogen) atoms. The van der Waals surface area contributed by atoms with Crippen molar-refractivity contribution in [3.05, 3.63) is 4.60 Å². The van der Waals surface area contributed by atoms with Gasteiger partial charge >= 0.3 is 7.60 Å². The third kappa shape index (κ3) is 1.87. The van der Waals surface area contributed by atoms with Gasteiger partial charge in [-0.15, -0.1) is 0 Å². The lowest BCUT2D eigenvalue weighted by molar-refractivity contribution is 0.382. The van der Waals surface area contributed by atoms with E-state index in [4.69, 9.17) is 9.79 Å². The molecular weight excluding hydrogens is 251 g/mol. The van der Waals surface area contributed by atoms with E-state index in [9.17, 15) is 4.57 Å². The van der Waals surface area contributed by atoms with Gasteiger partial charge in [-0.25, -0.2) is 0 Å². The van der Waals surface area contributed by atoms with Crippen LogP contribution in [0.2, 0.25) is 0 Å². The van der Waals surface area contributed by atoms with E-state index in [1.54, 1.807) is 0 Å². The Hall–Kier alpha value is -0.360. The second kappa shape index (κ2) is 3.18. The molecule has 0 aliphatic carbocycles. The molecule has 0 radical (unpaired) electrons. The maximum absolute atomic E-state index is 10.6. The van der Waals surface area contributed by atoms with Crippen LogP contribution >= 0.6 is 23.5 Å². The smallest absolute Gasteiger partial charge is 0.391 e. The van der Waals surface area contributed by atoms with Crippen molar-refractivity contribution < 1.29 is 19.1 Å². The first-order chi connectivity index (χ1) is 5.45. The highest BCUT2D eigenvalue weighted by atomic mass is 79.9. The number of H-pyrrole nitrogens is 1. The minimum atomic E-state index is -4.31. The molecule has 8 heteroatoms. The van der Waals surface area contributed by atoms with Crippen LogP contribution in [0.1, 0.15) is 0 Å². The summed E-state index contributed by atoms with van der Waals surface area (Å²) in [7, 11) is -2.96. The Morgan fingerprint density at radius 3 is 2.50 bits per heavy atom. The predicted molar refractivity (Wildman–Crippen MR) is 44.5 cm³/mol. The summed E-state index contributed by atoms with van der Waals surface area (Å²) < 4.78 is 15.6. The van der Waals surface area contributed by atoms with Crippen molar-refractivity contribution in [2.45, 2.75) is 0 Å². The van der Waals surface area contributed by atoms with Gasteiger partial charge in [0.15, 0.2) is 0 Å². The highest BCUT2D eigenvalue weighted by molar-refractivity contribution is 9.10. The molecule has 0 saturated heterocycles. The average molecular weight is 257 g/mol. The van der Waals surface area contributed by atoms with Crippen LogP contribution in [0, 0.1) is 0 Å². The highest BCUT2D eigenvalue weighted by Gasteiger charge is 2.23. The van der Waals surface area contributed by atoms with Gasteiger partial charge in [-0.2, -0.15) is 4.98 Å². The van der Waals surface area contributed by atoms with E-state index in [2.05, 4.69) is 30.6 Å². The van der Waals surface area contributed by atoms with Gasteiger partial charge in [0.05, 0.1) is 7.11 Å². The maximum Gasteiger partial charge on any atom is 0.391 e. The lowest BCUT2D eigenvalue weighted by Crippen LogP contribution is -2.07. The number of nitrogens with zero attached hydrogens (tertiary/aromatic N) is 1. The molecule has 0 spiro atoms. The lowest BCUT2D eigenvalue weighted by Gasteiger charge is -1.95. The van der Waals surface area contributed by atoms with Crippen molar-refractivity contribution in [1.29, 1.82) is 0 Å². The van der Waals surface area contributed by atoms with Crippen LogP contribution in [-0.2, 0) is 4.57 Å². The van der Waals surface area contributed by atoms with Gasteiger partial charge in [-0.05, 0) is 15.9 Å². The first-order valence-corrected chi connectivity index (χ1v) is 5.21. The molecule has 0 aliphatic rings. The van der Waals surface area contributed by atoms with E-state index in [1.807, 2.05) is 0 Å². The van der Waals surface area contributed by atoms with Gasteiger partial charge in [0, 0.05) is 0 Å². The molecule has 0 bridgehead atoms. The Balaban J connectivity index is 3.14. The van der Waals surface area contributed by atoms with Crippen LogP contribution in [0.3, 0.4) is 0 Å². The SMILES string of the molecule is COc1nc(P(=O)(O)O)[nH]c1Br. The van der Waals surface area contributed by atoms with Crippen molar-refractivity contribution >= 4 is 29.1 Å². The van der Waals surface area contributed by atoms with Gasteiger partial charge in [0.1, 0.15) is 4.60 Å². The van der Waals surface area contributed by atoms with Gasteiger partial charge < -0.3 is 19.5 Å². The summed E-state index contributed by atoms with van der Waals surface area (Å²) in [6, 6.07) is 0. The van der Waals surface area contributed by atoms with Gasteiger partial charge in [-0.1, -0.05) is 0 Å². The van der Waals surface area contributed by atoms with Crippen LogP contribution < -0.4 is 10.3 Å². The minimum absolute atomic E-state index is 0.119. The monoisotopic (exact) mass is 256 g/mol. The number of hydrogen-bond donors (Lipinski definition) is 3. The van der Waals surface area contributed by atoms with Crippen molar-refractivity contribution in [3.8, 4) is 5.88 Å². The zero-order valence-electron chi connectivity index (χ0n) is 5.98. The van der Waals surface area contributed by atoms with Crippen LogP contribution in [-0.4, -0.2) is 26.9 Å². The summed E-state index contributed by atoms with van der Waals surface area (Å²) in [5.74, 6) is 0.119. The van der Waals surface area contributed by atoms with Crippen molar-refractivity contribution in [2.75, 3.05) is 7.11 Å². The molecule has 0 aromatic carbocycles. The summed E-state index contributed by atoms with van der Waals surface area (Å²) in [5, 5.41) is 0. The van der Waals surface area contributed by atoms with E-state index >= 15 is 0 Å². The maximum atomic E-state index is 10.6. The number of hydrogen-bond acceptors (Lipinski definition) is 3. The second-order valence-corrected chi connectivity index (χ2v) is 4.23. The largest absolute Gasteiger partial charge is 0.479 e. The number of imidazole rings is 1. The lowest BCUT2D eigenvalue weighted by atomic mass is 10.9. The molecule has 0 amide bonds. The number of halogens is 1. The Labute approximate surface area is 76.3 Å². The molecule has 1 aromatic heterocycles. The fourth-order valence-corrected chi connectivity index (χ4v) is 1.67. The highest BCUT2D eigenvalue weighted by Crippen LogP contribution is 2.33. The normalized spacial score (nSPS) is 11.7. The first kappa shape index (κ1) is 9.73. The molecule has 6 nitrogen and oxygen atoms in total. The quantitative estimate of drug-likeness (QED) is 0.647. The minimum Gasteiger partial charge on any atom is -0.479 e. The number of aromatic nitrogens is 2. The van der Waals surface area contributed by atoms with Crippen LogP contribution in [0.5, 0.6) is 5.88 Å². The predicted octanol–water partition coefficient (Wildman–Crippen LogP) is -0.0162. The molecule has 0 fully saturated rings. The Bertz CT molecular complexity index is 332. The molecule has 0 saturated carbocycles. The molecule has 0 atom stereocenters. The van der Waals surface area contributed by atoms with Gasteiger partial charge in [-0.3, -0.25) is 4.57 Å². The number of methoxy groups -OCH3 is 1. The second-order valence-electron chi connectivity index (χ2n) is 1.93. The fraction of sp³-hybridized carbons (Fsp3) is 0.250. The first-order valence-electron chi connectivity index (χ1n) is 2.80. The summed E-state index contributed by atoms with van der Waals surface area (Å²) in [6.45, 7) is 0. The fourth-order valence-electron chi connectivity index (χ4n) is 0.598. The van der Waals surface area contributed by atoms with E-state index in [1.165, 1.54) is 7.11 Å². The summed E-state index contributed by atoms with van der Waals surface area (Å²) in [6.07, 6.45) is 0. The third-order valence-electron chi connectivity index (χ3n) is 1.09. The van der Waals surface area contributed by atoms with E-state index in [0.29, 0.717) is 4.60 Å². The van der Waals surface area contributed by atoms with Crippen molar-refractivity contribution in [1.82, 2.24) is 9.97 Å². The Morgan fingerprint density at radius 2 is 2.25 bits per heavy atom. The van der Waals surface area contributed by atoms with Crippen molar-refractivity contribution in [2.24, 2.45) is 0 Å². The molecule has 0 aliphatic heterocycles.